The minimum Gasteiger partial charge on any atom is -0.379 e. The zero-order chi connectivity index (χ0) is 15.5. The van der Waals surface area contributed by atoms with Crippen LogP contribution in [0.4, 0.5) is 10.1 Å². The monoisotopic (exact) mass is 317 g/mol. The number of anilines is 1. The highest BCUT2D eigenvalue weighted by Crippen LogP contribution is 2.23. The van der Waals surface area contributed by atoms with Crippen molar-refractivity contribution in [1.29, 1.82) is 0 Å². The Morgan fingerprint density at radius 1 is 1.38 bits per heavy atom. The van der Waals surface area contributed by atoms with Crippen molar-refractivity contribution in [1.82, 2.24) is 4.31 Å². The zero-order valence-electron chi connectivity index (χ0n) is 11.2. The molecule has 9 heteroatoms. The molecule has 0 saturated carbocycles. The van der Waals surface area contributed by atoms with Crippen LogP contribution in [0.2, 0.25) is 0 Å². The van der Waals surface area contributed by atoms with Crippen molar-refractivity contribution in [2.75, 3.05) is 38.2 Å². The first kappa shape index (κ1) is 15.8. The molecule has 1 aliphatic heterocycles. The summed E-state index contributed by atoms with van der Waals surface area (Å²) in [5.74, 6) is -1.36. The lowest BCUT2D eigenvalue weighted by Gasteiger charge is -2.26. The number of morpholine rings is 1. The number of amides is 1. The van der Waals surface area contributed by atoms with Gasteiger partial charge >= 0.3 is 0 Å². The van der Waals surface area contributed by atoms with Crippen LogP contribution in [0.1, 0.15) is 0 Å². The first-order valence-corrected chi connectivity index (χ1v) is 7.76. The lowest BCUT2D eigenvalue weighted by Crippen LogP contribution is -2.40. The standard InChI is InChI=1S/C12H16FN3O4S/c13-10-2-1-9(15-12(17)8-14)7-11(10)21(18,19)16-3-5-20-6-4-16/h1-2,7H,3-6,8,14H2,(H,15,17). The zero-order valence-corrected chi connectivity index (χ0v) is 12.0. The molecule has 0 aliphatic carbocycles. The van der Waals surface area contributed by atoms with Crippen molar-refractivity contribution in [2.45, 2.75) is 4.90 Å². The molecule has 1 aromatic carbocycles. The number of benzene rings is 1. The fourth-order valence-electron chi connectivity index (χ4n) is 1.92. The van der Waals surface area contributed by atoms with Gasteiger partial charge in [0, 0.05) is 18.8 Å². The maximum Gasteiger partial charge on any atom is 0.246 e. The second kappa shape index (κ2) is 6.48. The normalized spacial score (nSPS) is 16.7. The van der Waals surface area contributed by atoms with Crippen LogP contribution in [0.25, 0.3) is 0 Å². The summed E-state index contributed by atoms with van der Waals surface area (Å²) in [5.41, 5.74) is 5.34. The highest BCUT2D eigenvalue weighted by molar-refractivity contribution is 7.89. The predicted octanol–water partition coefficient (Wildman–Crippen LogP) is -0.256. The minimum absolute atomic E-state index is 0.168. The molecule has 0 radical (unpaired) electrons. The first-order chi connectivity index (χ1) is 9.95. The molecule has 1 aliphatic rings. The highest BCUT2D eigenvalue weighted by atomic mass is 32.2. The molecule has 21 heavy (non-hydrogen) atoms. The Kier molecular flexibility index (Phi) is 4.88. The number of carbonyl (C=O) groups is 1. The Bertz CT molecular complexity index is 629. The van der Waals surface area contributed by atoms with E-state index in [0.29, 0.717) is 0 Å². The third-order valence-electron chi connectivity index (χ3n) is 2.99. The van der Waals surface area contributed by atoms with Gasteiger partial charge in [-0.2, -0.15) is 4.31 Å². The smallest absolute Gasteiger partial charge is 0.246 e. The molecule has 0 atom stereocenters. The number of hydrogen-bond acceptors (Lipinski definition) is 5. The van der Waals surface area contributed by atoms with Crippen molar-refractivity contribution in [3.8, 4) is 0 Å². The fraction of sp³-hybridized carbons (Fsp3) is 0.417. The predicted molar refractivity (Wildman–Crippen MR) is 73.7 cm³/mol. The molecule has 1 amide bonds. The number of sulfonamides is 1. The molecule has 1 saturated heterocycles. The second-order valence-corrected chi connectivity index (χ2v) is 6.32. The van der Waals surface area contributed by atoms with Crippen LogP contribution in [-0.2, 0) is 19.6 Å². The van der Waals surface area contributed by atoms with Gasteiger partial charge < -0.3 is 15.8 Å². The molecule has 1 heterocycles. The van der Waals surface area contributed by atoms with E-state index in [1.54, 1.807) is 0 Å². The summed E-state index contributed by atoms with van der Waals surface area (Å²) in [6, 6.07) is 3.37. The Labute approximate surface area is 121 Å². The number of rotatable bonds is 4. The quantitative estimate of drug-likeness (QED) is 0.797. The Morgan fingerprint density at radius 3 is 2.67 bits per heavy atom. The van der Waals surface area contributed by atoms with Crippen molar-refractivity contribution in [2.24, 2.45) is 5.73 Å². The van der Waals surface area contributed by atoms with Crippen LogP contribution in [0, 0.1) is 5.82 Å². The topological polar surface area (TPSA) is 102 Å². The number of halogens is 1. The summed E-state index contributed by atoms with van der Waals surface area (Å²) in [6.45, 7) is 0.625. The van der Waals surface area contributed by atoms with E-state index >= 15 is 0 Å². The van der Waals surface area contributed by atoms with Crippen LogP contribution in [-0.4, -0.2) is 51.5 Å². The number of ether oxygens (including phenoxy) is 1. The van der Waals surface area contributed by atoms with Gasteiger partial charge in [0.15, 0.2) is 0 Å². The Balaban J connectivity index is 2.33. The van der Waals surface area contributed by atoms with E-state index in [0.717, 1.165) is 16.4 Å². The average Bonchev–Trinajstić information content (AvgIpc) is 2.49. The van der Waals surface area contributed by atoms with Crippen molar-refractivity contribution < 1.29 is 22.3 Å². The molecule has 3 N–H and O–H groups in total. The minimum atomic E-state index is -3.96. The molecule has 7 nitrogen and oxygen atoms in total. The highest BCUT2D eigenvalue weighted by Gasteiger charge is 2.29. The number of nitrogens with two attached hydrogens (primary N) is 1. The van der Waals surface area contributed by atoms with Gasteiger partial charge in [0.05, 0.1) is 19.8 Å². The van der Waals surface area contributed by atoms with Gasteiger partial charge in [-0.15, -0.1) is 0 Å². The Hall–Kier alpha value is -1.55. The molecule has 1 fully saturated rings. The summed E-state index contributed by atoms with van der Waals surface area (Å²) in [4.78, 5) is 10.7. The number of nitrogens with zero attached hydrogens (tertiary/aromatic N) is 1. The summed E-state index contributed by atoms with van der Waals surface area (Å²) in [7, 11) is -3.96. The van der Waals surface area contributed by atoms with Crippen LogP contribution in [0.3, 0.4) is 0 Å². The average molecular weight is 317 g/mol. The molecule has 116 valence electrons. The lowest BCUT2D eigenvalue weighted by molar-refractivity contribution is -0.114. The van der Waals surface area contributed by atoms with E-state index in [1.165, 1.54) is 6.07 Å². The van der Waals surface area contributed by atoms with E-state index in [9.17, 15) is 17.6 Å². The van der Waals surface area contributed by atoms with Crippen molar-refractivity contribution in [3.63, 3.8) is 0 Å². The number of carbonyl (C=O) groups excluding carboxylic acids is 1. The lowest BCUT2D eigenvalue weighted by atomic mass is 10.3. The van der Waals surface area contributed by atoms with E-state index in [1.807, 2.05) is 0 Å². The van der Waals surface area contributed by atoms with Gasteiger partial charge in [-0.1, -0.05) is 0 Å². The van der Waals surface area contributed by atoms with Crippen molar-refractivity contribution >= 4 is 21.6 Å². The van der Waals surface area contributed by atoms with E-state index < -0.39 is 26.6 Å². The molecule has 0 bridgehead atoms. The van der Waals surface area contributed by atoms with E-state index in [2.05, 4.69) is 5.32 Å². The third kappa shape index (κ3) is 3.56. The van der Waals surface area contributed by atoms with Gasteiger partial charge in [-0.05, 0) is 18.2 Å². The number of hydrogen-bond donors (Lipinski definition) is 2. The van der Waals surface area contributed by atoms with E-state index in [4.69, 9.17) is 10.5 Å². The van der Waals surface area contributed by atoms with Gasteiger partial charge in [-0.25, -0.2) is 12.8 Å². The SMILES string of the molecule is NCC(=O)Nc1ccc(F)c(S(=O)(=O)N2CCOCC2)c1. The van der Waals surface area contributed by atoms with Crippen molar-refractivity contribution in [3.05, 3.63) is 24.0 Å². The van der Waals surface area contributed by atoms with Gasteiger partial charge in [0.25, 0.3) is 0 Å². The third-order valence-corrected chi connectivity index (χ3v) is 4.90. The fourth-order valence-corrected chi connectivity index (χ4v) is 3.42. The largest absolute Gasteiger partial charge is 0.379 e. The second-order valence-electron chi connectivity index (χ2n) is 4.41. The van der Waals surface area contributed by atoms with Crippen LogP contribution >= 0.6 is 0 Å². The van der Waals surface area contributed by atoms with Gasteiger partial charge in [0.1, 0.15) is 10.7 Å². The van der Waals surface area contributed by atoms with E-state index in [-0.39, 0.29) is 38.5 Å². The molecule has 0 spiro atoms. The van der Waals surface area contributed by atoms with Gasteiger partial charge in [0.2, 0.25) is 15.9 Å². The molecule has 0 unspecified atom stereocenters. The van der Waals surface area contributed by atoms with Gasteiger partial charge in [-0.3, -0.25) is 4.79 Å². The summed E-state index contributed by atoms with van der Waals surface area (Å²) in [5, 5.41) is 2.40. The molecular formula is C12H16FN3O4S. The Morgan fingerprint density at radius 2 is 2.05 bits per heavy atom. The molecule has 1 aromatic rings. The molecule has 0 aromatic heterocycles. The number of nitrogens with one attached hydrogen (secondary N) is 1. The maximum absolute atomic E-state index is 13.9. The molecular weight excluding hydrogens is 301 g/mol. The van der Waals surface area contributed by atoms with Crippen LogP contribution in [0.15, 0.2) is 23.1 Å². The summed E-state index contributed by atoms with van der Waals surface area (Å²) < 4.78 is 44.9. The van der Waals surface area contributed by atoms with Crippen LogP contribution < -0.4 is 11.1 Å². The van der Waals surface area contributed by atoms with Crippen LogP contribution in [0.5, 0.6) is 0 Å². The molecule has 2 rings (SSSR count). The first-order valence-electron chi connectivity index (χ1n) is 6.32. The summed E-state index contributed by atoms with van der Waals surface area (Å²) >= 11 is 0. The maximum atomic E-state index is 13.9. The summed E-state index contributed by atoms with van der Waals surface area (Å²) in [6.07, 6.45) is 0.